The quantitative estimate of drug-likeness (QED) is 0.572. The van der Waals surface area contributed by atoms with Crippen molar-refractivity contribution >= 4 is 23.0 Å². The van der Waals surface area contributed by atoms with Crippen molar-refractivity contribution in [1.29, 1.82) is 0 Å². The monoisotopic (exact) mass is 390 g/mol. The van der Waals surface area contributed by atoms with Crippen molar-refractivity contribution in [2.75, 3.05) is 0 Å². The lowest BCUT2D eigenvalue weighted by molar-refractivity contribution is -0.123. The van der Waals surface area contributed by atoms with Crippen LogP contribution in [0.25, 0.3) is 11.2 Å². The van der Waals surface area contributed by atoms with Gasteiger partial charge in [-0.2, -0.15) is 0 Å². The molecule has 2 saturated carbocycles. The second kappa shape index (κ2) is 7.27. The first-order chi connectivity index (χ1) is 14.2. The molecule has 2 aliphatic rings. The first-order valence-electron chi connectivity index (χ1n) is 10.0. The van der Waals surface area contributed by atoms with Crippen molar-refractivity contribution in [2.45, 2.75) is 44.2 Å². The van der Waals surface area contributed by atoms with E-state index in [-0.39, 0.29) is 17.7 Å². The molecule has 0 bridgehead atoms. The third kappa shape index (κ3) is 3.83. The Balaban J connectivity index is 1.30. The summed E-state index contributed by atoms with van der Waals surface area (Å²) in [5.74, 6) is 0.169. The van der Waals surface area contributed by atoms with Gasteiger partial charge in [0, 0.05) is 31.1 Å². The zero-order valence-corrected chi connectivity index (χ0v) is 15.9. The lowest BCUT2D eigenvalue weighted by Gasteiger charge is -2.18. The number of hydrogen-bond acceptors (Lipinski definition) is 5. The summed E-state index contributed by atoms with van der Waals surface area (Å²) in [7, 11) is 0. The molecule has 3 aromatic rings. The first-order valence-corrected chi connectivity index (χ1v) is 10.0. The highest BCUT2D eigenvalue weighted by Gasteiger charge is 2.37. The van der Waals surface area contributed by atoms with Crippen LogP contribution in [0.15, 0.2) is 36.9 Å². The van der Waals surface area contributed by atoms with Gasteiger partial charge >= 0.3 is 0 Å². The van der Waals surface area contributed by atoms with Crippen LogP contribution in [0.4, 0.5) is 0 Å². The maximum atomic E-state index is 13.0. The number of carbonyl (C=O) groups is 2. The molecule has 2 fully saturated rings. The molecule has 0 aromatic carbocycles. The fourth-order valence-corrected chi connectivity index (χ4v) is 3.50. The molecule has 0 unspecified atom stereocenters. The molecule has 148 valence electrons. The van der Waals surface area contributed by atoms with E-state index in [1.54, 1.807) is 24.8 Å². The zero-order chi connectivity index (χ0) is 19.8. The van der Waals surface area contributed by atoms with Crippen molar-refractivity contribution in [3.63, 3.8) is 0 Å². The number of aromatic amines is 1. The molecule has 0 saturated heterocycles. The molecule has 3 heterocycles. The fourth-order valence-electron chi connectivity index (χ4n) is 3.50. The van der Waals surface area contributed by atoms with Crippen LogP contribution in [0.2, 0.25) is 0 Å². The van der Waals surface area contributed by atoms with Crippen LogP contribution in [0.1, 0.15) is 53.2 Å². The van der Waals surface area contributed by atoms with Gasteiger partial charge in [-0.3, -0.25) is 14.6 Å². The van der Waals surface area contributed by atoms with E-state index in [0.717, 1.165) is 36.9 Å². The summed E-state index contributed by atoms with van der Waals surface area (Å²) < 4.78 is 0. The zero-order valence-electron chi connectivity index (χ0n) is 15.9. The van der Waals surface area contributed by atoms with Gasteiger partial charge in [-0.1, -0.05) is 0 Å². The number of nitrogens with zero attached hydrogens (tertiary/aromatic N) is 3. The number of hydrogen-bond donors (Lipinski definition) is 3. The van der Waals surface area contributed by atoms with Gasteiger partial charge in [0.15, 0.2) is 5.65 Å². The summed E-state index contributed by atoms with van der Waals surface area (Å²) in [6, 6.07) is 3.16. The molecule has 0 aliphatic heterocycles. The number of rotatable bonds is 7. The Morgan fingerprint density at radius 3 is 2.69 bits per heavy atom. The molecular weight excluding hydrogens is 368 g/mol. The Hall–Kier alpha value is -3.29. The molecule has 5 rings (SSSR count). The molecule has 8 nitrogen and oxygen atoms in total. The van der Waals surface area contributed by atoms with E-state index in [1.807, 2.05) is 12.1 Å². The Morgan fingerprint density at radius 2 is 1.97 bits per heavy atom. The largest absolute Gasteiger partial charge is 0.350 e. The van der Waals surface area contributed by atoms with E-state index in [9.17, 15) is 9.59 Å². The van der Waals surface area contributed by atoms with Crippen LogP contribution >= 0.6 is 0 Å². The predicted octanol–water partition coefficient (Wildman–Crippen LogP) is 2.06. The summed E-state index contributed by atoms with van der Waals surface area (Å²) in [6.45, 7) is 0.407. The van der Waals surface area contributed by atoms with Crippen LogP contribution in [0, 0.1) is 5.92 Å². The topological polar surface area (TPSA) is 113 Å². The third-order valence-corrected chi connectivity index (χ3v) is 5.52. The molecule has 0 spiro atoms. The van der Waals surface area contributed by atoms with E-state index in [4.69, 9.17) is 0 Å². The summed E-state index contributed by atoms with van der Waals surface area (Å²) in [5, 5.41) is 5.85. The van der Waals surface area contributed by atoms with Gasteiger partial charge in [-0.15, -0.1) is 0 Å². The second-order valence-corrected chi connectivity index (χ2v) is 7.83. The van der Waals surface area contributed by atoms with Crippen molar-refractivity contribution < 1.29 is 9.59 Å². The SMILES string of the molecule is O=C(N[C@@H](C(=O)NCc1ccncc1)C1CC1)c1c[nH]c2ncc(C3CC3)nc12. The number of fused-ring (bicyclic) bond motifs is 1. The summed E-state index contributed by atoms with van der Waals surface area (Å²) in [6.07, 6.45) is 10.9. The minimum atomic E-state index is -0.547. The van der Waals surface area contributed by atoms with Gasteiger partial charge in [-0.25, -0.2) is 9.97 Å². The minimum Gasteiger partial charge on any atom is -0.350 e. The van der Waals surface area contributed by atoms with Gasteiger partial charge in [0.2, 0.25) is 5.91 Å². The van der Waals surface area contributed by atoms with Gasteiger partial charge in [-0.05, 0) is 49.3 Å². The van der Waals surface area contributed by atoms with E-state index >= 15 is 0 Å². The summed E-state index contributed by atoms with van der Waals surface area (Å²) in [4.78, 5) is 41.7. The molecule has 0 radical (unpaired) electrons. The Kier molecular flexibility index (Phi) is 4.46. The molecular formula is C21H22N6O2. The number of amides is 2. The van der Waals surface area contributed by atoms with Crippen molar-refractivity contribution in [1.82, 2.24) is 30.6 Å². The highest BCUT2D eigenvalue weighted by Crippen LogP contribution is 2.39. The van der Waals surface area contributed by atoms with E-state index in [0.29, 0.717) is 29.2 Å². The van der Waals surface area contributed by atoms with Crippen LogP contribution in [-0.4, -0.2) is 37.8 Å². The molecule has 3 N–H and O–H groups in total. The maximum absolute atomic E-state index is 13.0. The van der Waals surface area contributed by atoms with Crippen molar-refractivity contribution in [3.8, 4) is 0 Å². The summed E-state index contributed by atoms with van der Waals surface area (Å²) in [5.41, 5.74) is 3.49. The Bertz CT molecular complexity index is 1060. The van der Waals surface area contributed by atoms with Crippen LogP contribution in [-0.2, 0) is 11.3 Å². The highest BCUT2D eigenvalue weighted by molar-refractivity contribution is 6.06. The Labute approximate surface area is 167 Å². The molecule has 1 atom stereocenters. The standard InChI is InChI=1S/C21H22N6O2/c28-20(15-10-23-19-18(15)26-16(11-24-19)13-1-2-13)27-17(14-3-4-14)21(29)25-9-12-5-7-22-8-6-12/h5-8,10-11,13-14,17H,1-4,9H2,(H,23,24)(H,25,29)(H,27,28)/t17-/m1/s1. The van der Waals surface area contributed by atoms with Crippen molar-refractivity contribution in [2.24, 2.45) is 5.92 Å². The number of aromatic nitrogens is 4. The number of pyridine rings is 1. The predicted molar refractivity (Wildman–Crippen MR) is 106 cm³/mol. The molecule has 8 heteroatoms. The van der Waals surface area contributed by atoms with Crippen LogP contribution in [0.5, 0.6) is 0 Å². The maximum Gasteiger partial charge on any atom is 0.255 e. The lowest BCUT2D eigenvalue weighted by Crippen LogP contribution is -2.47. The lowest BCUT2D eigenvalue weighted by atomic mass is 10.1. The summed E-state index contributed by atoms with van der Waals surface area (Å²) >= 11 is 0. The van der Waals surface area contributed by atoms with Gasteiger partial charge in [0.1, 0.15) is 11.6 Å². The van der Waals surface area contributed by atoms with Crippen LogP contribution < -0.4 is 10.6 Å². The van der Waals surface area contributed by atoms with Crippen LogP contribution in [0.3, 0.4) is 0 Å². The average Bonchev–Trinajstić information content (AvgIpc) is 3.67. The van der Waals surface area contributed by atoms with Gasteiger partial charge < -0.3 is 15.6 Å². The van der Waals surface area contributed by atoms with Gasteiger partial charge in [0.05, 0.1) is 17.5 Å². The smallest absolute Gasteiger partial charge is 0.255 e. The van der Waals surface area contributed by atoms with E-state index in [2.05, 4.69) is 30.6 Å². The Morgan fingerprint density at radius 1 is 1.17 bits per heavy atom. The van der Waals surface area contributed by atoms with Crippen molar-refractivity contribution in [3.05, 3.63) is 53.7 Å². The first kappa shape index (κ1) is 17.8. The minimum absolute atomic E-state index is 0.165. The molecule has 2 amide bonds. The second-order valence-electron chi connectivity index (χ2n) is 7.83. The molecule has 2 aliphatic carbocycles. The van der Waals surface area contributed by atoms with Gasteiger partial charge in [0.25, 0.3) is 5.91 Å². The number of H-pyrrole nitrogens is 1. The third-order valence-electron chi connectivity index (χ3n) is 5.52. The van der Waals surface area contributed by atoms with E-state index in [1.165, 1.54) is 0 Å². The van der Waals surface area contributed by atoms with E-state index < -0.39 is 6.04 Å². The number of carbonyl (C=O) groups excluding carboxylic acids is 2. The number of nitrogens with one attached hydrogen (secondary N) is 3. The fraction of sp³-hybridized carbons (Fsp3) is 0.381. The molecule has 3 aromatic heterocycles. The highest BCUT2D eigenvalue weighted by atomic mass is 16.2. The average molecular weight is 390 g/mol. The normalized spacial score (nSPS) is 17.1. The molecule has 29 heavy (non-hydrogen) atoms.